The molecule has 0 aliphatic carbocycles. The first-order chi connectivity index (χ1) is 14.8. The highest BCUT2D eigenvalue weighted by molar-refractivity contribution is 5.98. The van der Waals surface area contributed by atoms with E-state index in [2.05, 4.69) is 69.1 Å². The van der Waals surface area contributed by atoms with Gasteiger partial charge in [0.2, 0.25) is 0 Å². The summed E-state index contributed by atoms with van der Waals surface area (Å²) in [5.41, 5.74) is 4.79. The molecule has 1 aromatic heterocycles. The number of carbonyl (C=O) groups is 1. The molecule has 0 radical (unpaired) electrons. The molecule has 0 atom stereocenters. The first-order valence-electron chi connectivity index (χ1n) is 11.0. The quantitative estimate of drug-likeness (QED) is 0.614. The molecule has 2 aromatic carbocycles. The fraction of sp³-hybridized carbons (Fsp3) is 0.346. The molecule has 1 amide bonds. The summed E-state index contributed by atoms with van der Waals surface area (Å²) in [6.07, 6.45) is 5.50. The van der Waals surface area contributed by atoms with Crippen LogP contribution in [0.3, 0.4) is 0 Å². The van der Waals surface area contributed by atoms with E-state index in [9.17, 15) is 4.79 Å². The highest BCUT2D eigenvalue weighted by atomic mass is 16.2. The van der Waals surface area contributed by atoms with Crippen molar-refractivity contribution in [1.29, 1.82) is 0 Å². The number of fused-ring (bicyclic) bond motifs is 1. The third-order valence-corrected chi connectivity index (χ3v) is 6.59. The van der Waals surface area contributed by atoms with Gasteiger partial charge in [-0.3, -0.25) is 9.69 Å². The minimum Gasteiger partial charge on any atom is -0.338 e. The van der Waals surface area contributed by atoms with Crippen LogP contribution in [0.5, 0.6) is 0 Å². The van der Waals surface area contributed by atoms with Crippen LogP contribution in [-0.2, 0) is 19.6 Å². The summed E-state index contributed by atoms with van der Waals surface area (Å²) >= 11 is 0. The third-order valence-electron chi connectivity index (χ3n) is 6.59. The lowest BCUT2D eigenvalue weighted by atomic mass is 9.96. The first kappa shape index (κ1) is 19.1. The maximum absolute atomic E-state index is 12.6. The van der Waals surface area contributed by atoms with Crippen molar-refractivity contribution in [3.05, 3.63) is 95.3 Å². The van der Waals surface area contributed by atoms with E-state index >= 15 is 0 Å². The third kappa shape index (κ3) is 4.05. The lowest BCUT2D eigenvalue weighted by molar-refractivity contribution is 0.0698. The Morgan fingerprint density at radius 3 is 2.43 bits per heavy atom. The molecule has 30 heavy (non-hydrogen) atoms. The van der Waals surface area contributed by atoms with E-state index in [4.69, 9.17) is 0 Å². The zero-order valence-electron chi connectivity index (χ0n) is 17.4. The van der Waals surface area contributed by atoms with Gasteiger partial charge in [-0.25, -0.2) is 0 Å². The van der Waals surface area contributed by atoms with Crippen LogP contribution in [0.25, 0.3) is 0 Å². The zero-order chi connectivity index (χ0) is 20.3. The van der Waals surface area contributed by atoms with E-state index in [0.717, 1.165) is 57.7 Å². The lowest BCUT2D eigenvalue weighted by Crippen LogP contribution is -2.39. The van der Waals surface area contributed by atoms with E-state index < -0.39 is 0 Å². The summed E-state index contributed by atoms with van der Waals surface area (Å²) in [6.45, 7) is 4.83. The summed E-state index contributed by atoms with van der Waals surface area (Å²) in [5, 5.41) is 0. The molecule has 0 saturated carbocycles. The van der Waals surface area contributed by atoms with E-state index in [0.29, 0.717) is 5.92 Å². The second-order valence-corrected chi connectivity index (χ2v) is 8.68. The van der Waals surface area contributed by atoms with Gasteiger partial charge < -0.3 is 9.47 Å². The number of nitrogens with zero attached hydrogens (tertiary/aromatic N) is 3. The van der Waals surface area contributed by atoms with Crippen molar-refractivity contribution in [2.45, 2.75) is 32.5 Å². The minimum atomic E-state index is 0.214. The van der Waals surface area contributed by atoms with Gasteiger partial charge in [-0.05, 0) is 48.1 Å². The molecular formula is C26H29N3O. The number of piperidine rings is 1. The minimum absolute atomic E-state index is 0.214. The fourth-order valence-corrected chi connectivity index (χ4v) is 4.85. The van der Waals surface area contributed by atoms with Crippen LogP contribution >= 0.6 is 0 Å². The van der Waals surface area contributed by atoms with Gasteiger partial charge in [-0.15, -0.1) is 0 Å². The normalized spacial score (nSPS) is 17.5. The SMILES string of the molecule is O=C1c2ccccc2CN1CC1CCN(Cn2cccc2Cc2ccccc2)CC1. The van der Waals surface area contributed by atoms with Crippen LogP contribution in [0, 0.1) is 5.92 Å². The highest BCUT2D eigenvalue weighted by Crippen LogP contribution is 2.26. The van der Waals surface area contributed by atoms with Gasteiger partial charge in [0.05, 0.1) is 6.67 Å². The van der Waals surface area contributed by atoms with Crippen molar-refractivity contribution in [2.75, 3.05) is 19.6 Å². The van der Waals surface area contributed by atoms with Crippen LogP contribution in [0.15, 0.2) is 72.9 Å². The molecule has 4 heteroatoms. The highest BCUT2D eigenvalue weighted by Gasteiger charge is 2.30. The summed E-state index contributed by atoms with van der Waals surface area (Å²) in [4.78, 5) is 17.2. The average Bonchev–Trinajstić information content (AvgIpc) is 3.34. The Bertz CT molecular complexity index is 1000. The Balaban J connectivity index is 1.13. The fourth-order valence-electron chi connectivity index (χ4n) is 4.85. The summed E-state index contributed by atoms with van der Waals surface area (Å²) < 4.78 is 2.38. The van der Waals surface area contributed by atoms with Crippen molar-refractivity contribution < 1.29 is 4.79 Å². The van der Waals surface area contributed by atoms with Crippen molar-refractivity contribution in [2.24, 2.45) is 5.92 Å². The molecule has 2 aliphatic rings. The molecular weight excluding hydrogens is 370 g/mol. The van der Waals surface area contributed by atoms with E-state index in [1.165, 1.54) is 16.8 Å². The van der Waals surface area contributed by atoms with Crippen LogP contribution < -0.4 is 0 Å². The summed E-state index contributed by atoms with van der Waals surface area (Å²) in [5.74, 6) is 0.818. The zero-order valence-corrected chi connectivity index (χ0v) is 17.4. The number of hydrogen-bond donors (Lipinski definition) is 0. The molecule has 5 rings (SSSR count). The number of aromatic nitrogens is 1. The number of carbonyl (C=O) groups excluding carboxylic acids is 1. The van der Waals surface area contributed by atoms with Gasteiger partial charge in [0.25, 0.3) is 5.91 Å². The second kappa shape index (κ2) is 8.49. The van der Waals surface area contributed by atoms with Gasteiger partial charge in [-0.1, -0.05) is 48.5 Å². The number of benzene rings is 2. The van der Waals surface area contributed by atoms with Gasteiger partial charge in [-0.2, -0.15) is 0 Å². The Hall–Kier alpha value is -2.85. The molecule has 3 aromatic rings. The number of rotatable bonds is 6. The van der Waals surface area contributed by atoms with Crippen LogP contribution in [0.2, 0.25) is 0 Å². The maximum Gasteiger partial charge on any atom is 0.254 e. The second-order valence-electron chi connectivity index (χ2n) is 8.68. The summed E-state index contributed by atoms with van der Waals surface area (Å²) in [6, 6.07) is 23.1. The van der Waals surface area contributed by atoms with Crippen molar-refractivity contribution >= 4 is 5.91 Å². The topological polar surface area (TPSA) is 28.5 Å². The molecule has 0 N–H and O–H groups in total. The predicted molar refractivity (Wildman–Crippen MR) is 119 cm³/mol. The average molecular weight is 400 g/mol. The first-order valence-corrected chi connectivity index (χ1v) is 11.0. The van der Waals surface area contributed by atoms with Gasteiger partial charge in [0.1, 0.15) is 0 Å². The Kier molecular flexibility index (Phi) is 5.41. The maximum atomic E-state index is 12.6. The molecule has 0 spiro atoms. The van der Waals surface area contributed by atoms with Crippen molar-refractivity contribution in [3.63, 3.8) is 0 Å². The lowest BCUT2D eigenvalue weighted by Gasteiger charge is -2.34. The van der Waals surface area contributed by atoms with Crippen LogP contribution in [0.1, 0.15) is 40.0 Å². The molecule has 1 saturated heterocycles. The van der Waals surface area contributed by atoms with Crippen LogP contribution in [0.4, 0.5) is 0 Å². The van der Waals surface area contributed by atoms with Crippen molar-refractivity contribution in [1.82, 2.24) is 14.4 Å². The number of likely N-dealkylation sites (tertiary alicyclic amines) is 1. The van der Waals surface area contributed by atoms with E-state index in [1.54, 1.807) is 0 Å². The molecule has 2 aliphatic heterocycles. The monoisotopic (exact) mass is 399 g/mol. The van der Waals surface area contributed by atoms with Crippen LogP contribution in [-0.4, -0.2) is 39.9 Å². The molecule has 3 heterocycles. The Morgan fingerprint density at radius 2 is 1.63 bits per heavy atom. The van der Waals surface area contributed by atoms with Crippen molar-refractivity contribution in [3.8, 4) is 0 Å². The molecule has 0 unspecified atom stereocenters. The van der Waals surface area contributed by atoms with E-state index in [1.807, 2.05) is 18.2 Å². The molecule has 4 nitrogen and oxygen atoms in total. The molecule has 1 fully saturated rings. The molecule has 0 bridgehead atoms. The summed E-state index contributed by atoms with van der Waals surface area (Å²) in [7, 11) is 0. The number of hydrogen-bond acceptors (Lipinski definition) is 2. The van der Waals surface area contributed by atoms with Gasteiger partial charge in [0.15, 0.2) is 0 Å². The Labute approximate surface area is 178 Å². The van der Waals surface area contributed by atoms with Gasteiger partial charge >= 0.3 is 0 Å². The largest absolute Gasteiger partial charge is 0.338 e. The molecule has 154 valence electrons. The standard InChI is InChI=1S/C26H29N3O/c30-26-25-11-5-4-9-23(25)19-29(26)18-22-12-15-27(16-13-22)20-28-14-6-10-24(28)17-21-7-2-1-3-8-21/h1-11,14,22H,12-13,15-20H2. The van der Waals surface area contributed by atoms with Gasteiger partial charge in [0, 0.05) is 50.1 Å². The smallest absolute Gasteiger partial charge is 0.254 e. The Morgan fingerprint density at radius 1 is 0.867 bits per heavy atom. The number of amides is 1. The van der Waals surface area contributed by atoms with E-state index in [-0.39, 0.29) is 5.91 Å². The predicted octanol–water partition coefficient (Wildman–Crippen LogP) is 4.40.